The number of nitrogens with zero attached hydrogens (tertiary/aromatic N) is 1. The molecule has 1 heterocycles. The zero-order chi connectivity index (χ0) is 13.0. The molecule has 2 rings (SSSR count). The highest BCUT2D eigenvalue weighted by Crippen LogP contribution is 2.26. The van der Waals surface area contributed by atoms with Crippen LogP contribution < -0.4 is 5.32 Å². The standard InChI is InChI=1S/C15H30N2O/c1-12(2)17-8-7-13(10-17)14(11-18)9-16-15-5-3-4-6-15/h12-16,18H,3-11H2,1-2H3. The van der Waals surface area contributed by atoms with Crippen molar-refractivity contribution in [3.63, 3.8) is 0 Å². The van der Waals surface area contributed by atoms with Crippen LogP contribution in [0.1, 0.15) is 46.0 Å². The summed E-state index contributed by atoms with van der Waals surface area (Å²) in [6.45, 7) is 8.28. The summed E-state index contributed by atoms with van der Waals surface area (Å²) in [4.78, 5) is 2.54. The first-order valence-electron chi connectivity index (χ1n) is 7.79. The van der Waals surface area contributed by atoms with Gasteiger partial charge in [-0.15, -0.1) is 0 Å². The van der Waals surface area contributed by atoms with Crippen molar-refractivity contribution in [3.8, 4) is 0 Å². The molecule has 0 spiro atoms. The lowest BCUT2D eigenvalue weighted by Crippen LogP contribution is -2.37. The summed E-state index contributed by atoms with van der Waals surface area (Å²) in [6, 6.07) is 1.37. The molecular formula is C15H30N2O. The predicted molar refractivity (Wildman–Crippen MR) is 75.7 cm³/mol. The molecule has 1 saturated heterocycles. The van der Waals surface area contributed by atoms with Crippen molar-refractivity contribution in [1.82, 2.24) is 10.2 Å². The maximum Gasteiger partial charge on any atom is 0.0474 e. The maximum atomic E-state index is 9.63. The van der Waals surface area contributed by atoms with E-state index in [2.05, 4.69) is 24.1 Å². The zero-order valence-corrected chi connectivity index (χ0v) is 12.1. The Hall–Kier alpha value is -0.120. The summed E-state index contributed by atoms with van der Waals surface area (Å²) in [6.07, 6.45) is 6.69. The van der Waals surface area contributed by atoms with Gasteiger partial charge in [0.1, 0.15) is 0 Å². The number of hydrogen-bond donors (Lipinski definition) is 2. The van der Waals surface area contributed by atoms with E-state index in [1.165, 1.54) is 45.2 Å². The summed E-state index contributed by atoms with van der Waals surface area (Å²) < 4.78 is 0. The van der Waals surface area contributed by atoms with Gasteiger partial charge in [0.25, 0.3) is 0 Å². The van der Waals surface area contributed by atoms with E-state index in [0.29, 0.717) is 24.5 Å². The molecule has 2 N–H and O–H groups in total. The van der Waals surface area contributed by atoms with Gasteiger partial charge in [0.2, 0.25) is 0 Å². The Morgan fingerprint density at radius 1 is 1.22 bits per heavy atom. The summed E-state index contributed by atoms with van der Waals surface area (Å²) in [7, 11) is 0. The van der Waals surface area contributed by atoms with Crippen LogP contribution in [-0.2, 0) is 0 Å². The van der Waals surface area contributed by atoms with E-state index in [-0.39, 0.29) is 0 Å². The fourth-order valence-corrected chi connectivity index (χ4v) is 3.50. The van der Waals surface area contributed by atoms with E-state index in [1.807, 2.05) is 0 Å². The van der Waals surface area contributed by atoms with Crippen LogP contribution in [-0.4, -0.2) is 48.3 Å². The quantitative estimate of drug-likeness (QED) is 0.759. The molecule has 0 bridgehead atoms. The van der Waals surface area contributed by atoms with Gasteiger partial charge in [0.05, 0.1) is 0 Å². The highest BCUT2D eigenvalue weighted by Gasteiger charge is 2.30. The van der Waals surface area contributed by atoms with Gasteiger partial charge in [0.15, 0.2) is 0 Å². The fraction of sp³-hybridized carbons (Fsp3) is 1.00. The van der Waals surface area contributed by atoms with E-state index >= 15 is 0 Å². The van der Waals surface area contributed by atoms with E-state index in [0.717, 1.165) is 12.6 Å². The average molecular weight is 254 g/mol. The van der Waals surface area contributed by atoms with Crippen molar-refractivity contribution in [3.05, 3.63) is 0 Å². The minimum Gasteiger partial charge on any atom is -0.396 e. The van der Waals surface area contributed by atoms with E-state index < -0.39 is 0 Å². The Kier molecular flexibility index (Phi) is 5.46. The molecule has 106 valence electrons. The van der Waals surface area contributed by atoms with Crippen LogP contribution in [0.4, 0.5) is 0 Å². The van der Waals surface area contributed by atoms with Crippen LogP contribution in [0, 0.1) is 11.8 Å². The molecule has 0 radical (unpaired) electrons. The first-order valence-corrected chi connectivity index (χ1v) is 7.79. The van der Waals surface area contributed by atoms with Crippen molar-refractivity contribution in [1.29, 1.82) is 0 Å². The second-order valence-corrected chi connectivity index (χ2v) is 6.47. The van der Waals surface area contributed by atoms with Gasteiger partial charge in [-0.25, -0.2) is 0 Å². The van der Waals surface area contributed by atoms with Crippen LogP contribution in [0.25, 0.3) is 0 Å². The van der Waals surface area contributed by atoms with E-state index in [9.17, 15) is 5.11 Å². The summed E-state index contributed by atoms with van der Waals surface area (Å²) >= 11 is 0. The molecule has 2 unspecified atom stereocenters. The molecular weight excluding hydrogens is 224 g/mol. The lowest BCUT2D eigenvalue weighted by Gasteiger charge is -2.25. The Morgan fingerprint density at radius 3 is 2.50 bits per heavy atom. The first-order chi connectivity index (χ1) is 8.70. The molecule has 18 heavy (non-hydrogen) atoms. The van der Waals surface area contributed by atoms with Crippen molar-refractivity contribution >= 4 is 0 Å². The highest BCUT2D eigenvalue weighted by molar-refractivity contribution is 4.84. The molecule has 0 aromatic rings. The molecule has 0 amide bonds. The predicted octanol–water partition coefficient (Wildman–Crippen LogP) is 1.86. The second kappa shape index (κ2) is 6.88. The Balaban J connectivity index is 1.74. The van der Waals surface area contributed by atoms with Gasteiger partial charge in [-0.05, 0) is 51.5 Å². The molecule has 1 aliphatic heterocycles. The third kappa shape index (κ3) is 3.69. The minimum absolute atomic E-state index is 0.344. The molecule has 0 aromatic heterocycles. The van der Waals surface area contributed by atoms with Gasteiger partial charge in [-0.1, -0.05) is 12.8 Å². The van der Waals surface area contributed by atoms with E-state index in [4.69, 9.17) is 0 Å². The van der Waals surface area contributed by atoms with Gasteiger partial charge >= 0.3 is 0 Å². The topological polar surface area (TPSA) is 35.5 Å². The number of nitrogens with one attached hydrogen (secondary N) is 1. The molecule has 1 aliphatic carbocycles. The molecule has 0 aromatic carbocycles. The van der Waals surface area contributed by atoms with Crippen molar-refractivity contribution < 1.29 is 5.11 Å². The summed E-state index contributed by atoms with van der Waals surface area (Å²) in [5.41, 5.74) is 0. The Morgan fingerprint density at radius 2 is 1.94 bits per heavy atom. The normalized spacial score (nSPS) is 28.3. The lowest BCUT2D eigenvalue weighted by atomic mass is 9.92. The van der Waals surface area contributed by atoms with Crippen molar-refractivity contribution in [2.24, 2.45) is 11.8 Å². The molecule has 3 heteroatoms. The summed E-state index contributed by atoms with van der Waals surface area (Å²) in [5, 5.41) is 13.3. The highest BCUT2D eigenvalue weighted by atomic mass is 16.3. The smallest absolute Gasteiger partial charge is 0.0474 e. The van der Waals surface area contributed by atoms with Gasteiger partial charge in [-0.3, -0.25) is 0 Å². The molecule has 2 aliphatic rings. The summed E-state index contributed by atoms with van der Waals surface area (Å²) in [5.74, 6) is 1.14. The van der Waals surface area contributed by atoms with Crippen LogP contribution >= 0.6 is 0 Å². The number of rotatable bonds is 6. The average Bonchev–Trinajstić information content (AvgIpc) is 3.00. The minimum atomic E-state index is 0.344. The molecule has 2 atom stereocenters. The lowest BCUT2D eigenvalue weighted by molar-refractivity contribution is 0.162. The van der Waals surface area contributed by atoms with E-state index in [1.54, 1.807) is 0 Å². The third-order valence-corrected chi connectivity index (χ3v) is 4.91. The Bertz CT molecular complexity index is 239. The van der Waals surface area contributed by atoms with Gasteiger partial charge < -0.3 is 15.3 Å². The third-order valence-electron chi connectivity index (χ3n) is 4.91. The monoisotopic (exact) mass is 254 g/mol. The van der Waals surface area contributed by atoms with Crippen molar-refractivity contribution in [2.75, 3.05) is 26.2 Å². The van der Waals surface area contributed by atoms with Gasteiger partial charge in [-0.2, -0.15) is 0 Å². The second-order valence-electron chi connectivity index (χ2n) is 6.47. The van der Waals surface area contributed by atoms with Gasteiger partial charge in [0, 0.05) is 31.8 Å². The van der Waals surface area contributed by atoms with Crippen LogP contribution in [0.3, 0.4) is 0 Å². The number of aliphatic hydroxyl groups excluding tert-OH is 1. The molecule has 3 nitrogen and oxygen atoms in total. The molecule has 2 fully saturated rings. The first kappa shape index (κ1) is 14.3. The SMILES string of the molecule is CC(C)N1CCC(C(CO)CNC2CCCC2)C1. The number of aliphatic hydroxyl groups is 1. The largest absolute Gasteiger partial charge is 0.396 e. The fourth-order valence-electron chi connectivity index (χ4n) is 3.50. The molecule has 1 saturated carbocycles. The van der Waals surface area contributed by atoms with Crippen LogP contribution in [0.2, 0.25) is 0 Å². The maximum absolute atomic E-state index is 9.63. The van der Waals surface area contributed by atoms with Crippen LogP contribution in [0.15, 0.2) is 0 Å². The number of hydrogen-bond acceptors (Lipinski definition) is 3. The van der Waals surface area contributed by atoms with Crippen molar-refractivity contribution in [2.45, 2.75) is 58.0 Å². The zero-order valence-electron chi connectivity index (χ0n) is 12.1. The number of likely N-dealkylation sites (tertiary alicyclic amines) is 1. The van der Waals surface area contributed by atoms with Crippen LogP contribution in [0.5, 0.6) is 0 Å². The Labute approximate surface area is 112 Å².